The molecule has 1 heterocycles. The first-order valence-electron chi connectivity index (χ1n) is 7.53. The minimum Gasteiger partial charge on any atom is -0.388 e. The zero-order chi connectivity index (χ0) is 17.4. The van der Waals surface area contributed by atoms with Crippen molar-refractivity contribution in [1.29, 1.82) is 0 Å². The third-order valence-electron chi connectivity index (χ3n) is 3.50. The number of carbonyl (C=O) groups excluding carboxylic acids is 2. The van der Waals surface area contributed by atoms with Gasteiger partial charge >= 0.3 is 0 Å². The molecule has 1 aliphatic heterocycles. The number of rotatable bonds is 9. The number of ether oxygens (including phenoxy) is 2. The molecule has 4 atom stereocenters. The summed E-state index contributed by atoms with van der Waals surface area (Å²) in [6.07, 6.45) is -3.93. The molecule has 0 unspecified atom stereocenters. The van der Waals surface area contributed by atoms with Crippen LogP contribution in [0, 0.1) is 0 Å². The van der Waals surface area contributed by atoms with Gasteiger partial charge in [-0.3, -0.25) is 9.59 Å². The van der Waals surface area contributed by atoms with Crippen LogP contribution in [0.4, 0.5) is 0 Å². The van der Waals surface area contributed by atoms with Crippen LogP contribution >= 0.6 is 0 Å². The lowest BCUT2D eigenvalue weighted by atomic mass is 10.1. The monoisotopic (exact) mass is 333 g/mol. The van der Waals surface area contributed by atoms with Crippen molar-refractivity contribution in [2.24, 2.45) is 0 Å². The second-order valence-corrected chi connectivity index (χ2v) is 5.79. The molecule has 23 heavy (non-hydrogen) atoms. The summed E-state index contributed by atoms with van der Waals surface area (Å²) in [4.78, 5) is 25.1. The smallest absolute Gasteiger partial charge is 0.246 e. The van der Waals surface area contributed by atoms with Crippen LogP contribution in [0.2, 0.25) is 0 Å². The van der Waals surface area contributed by atoms with Crippen molar-refractivity contribution in [2.45, 2.75) is 30.8 Å². The second kappa shape index (κ2) is 9.78. The lowest BCUT2D eigenvalue weighted by Crippen LogP contribution is -2.41. The average molecular weight is 333 g/mol. The van der Waals surface area contributed by atoms with Crippen LogP contribution in [0.3, 0.4) is 0 Å². The number of amides is 2. The predicted molar refractivity (Wildman–Crippen MR) is 81.7 cm³/mol. The zero-order valence-electron chi connectivity index (χ0n) is 13.8. The molecule has 0 aromatic rings. The normalized spacial score (nSPS) is 27.2. The molecule has 0 saturated carbocycles. The largest absolute Gasteiger partial charge is 0.388 e. The summed E-state index contributed by atoms with van der Waals surface area (Å²) in [7, 11) is 5.19. The molecule has 1 aliphatic rings. The highest BCUT2D eigenvalue weighted by Gasteiger charge is 2.43. The first-order chi connectivity index (χ1) is 10.8. The maximum absolute atomic E-state index is 11.8. The number of methoxy groups -OCH3 is 1. The minimum atomic E-state index is -1.17. The van der Waals surface area contributed by atoms with Gasteiger partial charge in [0.1, 0.15) is 24.9 Å². The fourth-order valence-electron chi connectivity index (χ4n) is 2.23. The van der Waals surface area contributed by atoms with Gasteiger partial charge in [0.25, 0.3) is 0 Å². The number of aliphatic hydroxyl groups is 2. The predicted octanol–water partition coefficient (Wildman–Crippen LogP) is -2.69. The fraction of sp³-hybridized carbons (Fsp3) is 0.857. The quantitative estimate of drug-likeness (QED) is 0.362. The van der Waals surface area contributed by atoms with E-state index in [1.807, 2.05) is 19.0 Å². The van der Waals surface area contributed by atoms with Gasteiger partial charge < -0.3 is 35.2 Å². The number of hydrogen-bond acceptors (Lipinski definition) is 7. The van der Waals surface area contributed by atoms with Crippen LogP contribution in [0.5, 0.6) is 0 Å². The van der Waals surface area contributed by atoms with E-state index >= 15 is 0 Å². The van der Waals surface area contributed by atoms with Gasteiger partial charge in [-0.25, -0.2) is 0 Å². The molecule has 0 aromatic carbocycles. The number of likely N-dealkylation sites (N-methyl/N-ethyl adjacent to an activating group) is 1. The second-order valence-electron chi connectivity index (χ2n) is 5.79. The van der Waals surface area contributed by atoms with E-state index in [1.165, 1.54) is 7.11 Å². The Morgan fingerprint density at radius 3 is 2.39 bits per heavy atom. The fourth-order valence-corrected chi connectivity index (χ4v) is 2.23. The third-order valence-corrected chi connectivity index (χ3v) is 3.50. The maximum atomic E-state index is 11.8. The molecular formula is C14H27N3O6. The van der Waals surface area contributed by atoms with Crippen molar-refractivity contribution < 1.29 is 29.3 Å². The summed E-state index contributed by atoms with van der Waals surface area (Å²) >= 11 is 0. The standard InChI is InChI=1S/C14H27N3O6/c1-17(2)5-4-15-11(18)6-9-13(20)14(21)10(23-9)7-16-12(19)8-22-3/h9-10,13-14,20-21H,4-8H2,1-3H3,(H,15,18)(H,16,19)/t9-,10+,13-,14+/m0/s1. The molecule has 1 fully saturated rings. The molecule has 0 bridgehead atoms. The molecule has 0 radical (unpaired) electrons. The Morgan fingerprint density at radius 1 is 1.13 bits per heavy atom. The van der Waals surface area contributed by atoms with Gasteiger partial charge in [0, 0.05) is 26.7 Å². The Bertz CT molecular complexity index is 393. The third kappa shape index (κ3) is 6.80. The van der Waals surface area contributed by atoms with E-state index in [0.717, 1.165) is 0 Å². The van der Waals surface area contributed by atoms with Crippen LogP contribution in [0.15, 0.2) is 0 Å². The van der Waals surface area contributed by atoms with Gasteiger partial charge in [-0.1, -0.05) is 0 Å². The summed E-state index contributed by atoms with van der Waals surface area (Å²) in [5, 5.41) is 25.1. The molecule has 0 spiro atoms. The molecular weight excluding hydrogens is 306 g/mol. The van der Waals surface area contributed by atoms with E-state index < -0.39 is 24.4 Å². The van der Waals surface area contributed by atoms with Crippen LogP contribution < -0.4 is 10.6 Å². The zero-order valence-corrected chi connectivity index (χ0v) is 13.8. The average Bonchev–Trinajstić information content (AvgIpc) is 2.73. The highest BCUT2D eigenvalue weighted by atomic mass is 16.5. The number of hydrogen-bond donors (Lipinski definition) is 4. The van der Waals surface area contributed by atoms with Gasteiger partial charge in [0.05, 0.1) is 12.5 Å². The lowest BCUT2D eigenvalue weighted by molar-refractivity contribution is -0.127. The molecule has 9 heteroatoms. The molecule has 134 valence electrons. The Hall–Kier alpha value is -1.26. The topological polar surface area (TPSA) is 120 Å². The van der Waals surface area contributed by atoms with Gasteiger partial charge in [0.15, 0.2) is 0 Å². The Kier molecular flexibility index (Phi) is 8.42. The minimum absolute atomic E-state index is 0.0408. The van der Waals surface area contributed by atoms with E-state index in [1.54, 1.807) is 0 Å². The van der Waals surface area contributed by atoms with E-state index in [-0.39, 0.29) is 31.4 Å². The summed E-state index contributed by atoms with van der Waals surface area (Å²) in [6.45, 7) is 1.15. The Balaban J connectivity index is 2.37. The summed E-state index contributed by atoms with van der Waals surface area (Å²) < 4.78 is 10.2. The molecule has 0 aromatic heterocycles. The van der Waals surface area contributed by atoms with Gasteiger partial charge in [-0.2, -0.15) is 0 Å². The Morgan fingerprint density at radius 2 is 1.78 bits per heavy atom. The number of aliphatic hydroxyl groups excluding tert-OH is 2. The molecule has 1 saturated heterocycles. The van der Waals surface area contributed by atoms with E-state index in [9.17, 15) is 19.8 Å². The van der Waals surface area contributed by atoms with Crippen molar-refractivity contribution in [2.75, 3.05) is 47.4 Å². The van der Waals surface area contributed by atoms with Crippen molar-refractivity contribution in [3.63, 3.8) is 0 Å². The van der Waals surface area contributed by atoms with Crippen LogP contribution in [-0.4, -0.2) is 98.8 Å². The van der Waals surface area contributed by atoms with E-state index in [0.29, 0.717) is 13.1 Å². The molecule has 2 amide bonds. The molecule has 0 aliphatic carbocycles. The van der Waals surface area contributed by atoms with Gasteiger partial charge in [-0.15, -0.1) is 0 Å². The first-order valence-corrected chi connectivity index (χ1v) is 7.53. The lowest BCUT2D eigenvalue weighted by Gasteiger charge is -2.15. The first kappa shape index (κ1) is 19.8. The SMILES string of the molecule is COCC(=O)NC[C@H]1O[C@@H](CC(=O)NCCN(C)C)[C@H](O)[C@@H]1O. The number of nitrogens with zero attached hydrogens (tertiary/aromatic N) is 1. The highest BCUT2D eigenvalue weighted by Crippen LogP contribution is 2.23. The van der Waals surface area contributed by atoms with Crippen LogP contribution in [0.1, 0.15) is 6.42 Å². The van der Waals surface area contributed by atoms with Crippen molar-refractivity contribution >= 4 is 11.8 Å². The highest BCUT2D eigenvalue weighted by molar-refractivity contribution is 5.77. The molecule has 9 nitrogen and oxygen atoms in total. The van der Waals surface area contributed by atoms with Gasteiger partial charge in [-0.05, 0) is 14.1 Å². The van der Waals surface area contributed by atoms with Crippen molar-refractivity contribution in [1.82, 2.24) is 15.5 Å². The Labute approximate surface area is 135 Å². The number of nitrogens with one attached hydrogen (secondary N) is 2. The summed E-state index contributed by atoms with van der Waals surface area (Å²) in [6, 6.07) is 0. The van der Waals surface area contributed by atoms with Crippen molar-refractivity contribution in [3.8, 4) is 0 Å². The van der Waals surface area contributed by atoms with Crippen molar-refractivity contribution in [3.05, 3.63) is 0 Å². The van der Waals surface area contributed by atoms with Crippen LogP contribution in [0.25, 0.3) is 0 Å². The molecule has 4 N–H and O–H groups in total. The van der Waals surface area contributed by atoms with E-state index in [2.05, 4.69) is 15.4 Å². The van der Waals surface area contributed by atoms with E-state index in [4.69, 9.17) is 4.74 Å². The van der Waals surface area contributed by atoms with Gasteiger partial charge in [0.2, 0.25) is 11.8 Å². The van der Waals surface area contributed by atoms with Crippen LogP contribution in [-0.2, 0) is 19.1 Å². The summed E-state index contributed by atoms with van der Waals surface area (Å²) in [5.41, 5.74) is 0. The number of carbonyl (C=O) groups is 2. The molecule has 1 rings (SSSR count). The maximum Gasteiger partial charge on any atom is 0.246 e. The summed E-state index contributed by atoms with van der Waals surface area (Å²) in [5.74, 6) is -0.602.